The number of rotatable bonds is 5. The highest BCUT2D eigenvalue weighted by Crippen LogP contribution is 2.23. The van der Waals surface area contributed by atoms with Gasteiger partial charge in [-0.2, -0.15) is 5.10 Å². The maximum atomic E-state index is 12.2. The van der Waals surface area contributed by atoms with Crippen molar-refractivity contribution in [2.45, 2.75) is 6.92 Å². The fourth-order valence-corrected chi connectivity index (χ4v) is 2.55. The summed E-state index contributed by atoms with van der Waals surface area (Å²) in [5.41, 5.74) is 4.03. The van der Waals surface area contributed by atoms with Crippen molar-refractivity contribution in [3.63, 3.8) is 0 Å². The molecule has 0 saturated carbocycles. The number of carbonyl (C=O) groups is 2. The third-order valence-corrected chi connectivity index (χ3v) is 3.75. The first-order valence-electron chi connectivity index (χ1n) is 8.31. The van der Waals surface area contributed by atoms with E-state index in [1.807, 2.05) is 19.3 Å². The number of hydrogen-bond donors (Lipinski definition) is 2. The van der Waals surface area contributed by atoms with Crippen LogP contribution in [0.15, 0.2) is 61.2 Å². The molecule has 7 nitrogen and oxygen atoms in total. The van der Waals surface area contributed by atoms with Crippen LogP contribution in [0.2, 0.25) is 0 Å². The molecule has 0 aliphatic heterocycles. The van der Waals surface area contributed by atoms with Gasteiger partial charge in [0.1, 0.15) is 0 Å². The van der Waals surface area contributed by atoms with E-state index in [1.165, 1.54) is 13.0 Å². The molecule has 0 bridgehead atoms. The Hall–Kier alpha value is -3.74. The molecule has 136 valence electrons. The Morgan fingerprint density at radius 3 is 2.37 bits per heavy atom. The van der Waals surface area contributed by atoms with E-state index in [1.54, 1.807) is 53.6 Å². The van der Waals surface area contributed by atoms with Gasteiger partial charge in [-0.15, -0.1) is 0 Å². The van der Waals surface area contributed by atoms with Crippen LogP contribution in [0.25, 0.3) is 17.2 Å². The van der Waals surface area contributed by atoms with E-state index >= 15 is 0 Å². The molecule has 0 atom stereocenters. The second-order valence-corrected chi connectivity index (χ2v) is 5.95. The van der Waals surface area contributed by atoms with E-state index in [0.717, 1.165) is 16.7 Å². The van der Waals surface area contributed by atoms with E-state index in [4.69, 9.17) is 0 Å². The van der Waals surface area contributed by atoms with Crippen LogP contribution in [0.3, 0.4) is 0 Å². The van der Waals surface area contributed by atoms with Gasteiger partial charge in [-0.1, -0.05) is 0 Å². The molecule has 27 heavy (non-hydrogen) atoms. The number of pyridine rings is 1. The molecule has 3 aromatic rings. The molecule has 0 aliphatic rings. The number of amides is 2. The number of anilines is 2. The Morgan fingerprint density at radius 1 is 1.04 bits per heavy atom. The van der Waals surface area contributed by atoms with Crippen LogP contribution in [-0.2, 0) is 16.6 Å². The van der Waals surface area contributed by atoms with Crippen molar-refractivity contribution in [1.29, 1.82) is 0 Å². The maximum absolute atomic E-state index is 12.2. The van der Waals surface area contributed by atoms with Gasteiger partial charge in [0.05, 0.1) is 6.20 Å². The summed E-state index contributed by atoms with van der Waals surface area (Å²) in [6.45, 7) is 1.44. The topological polar surface area (TPSA) is 88.9 Å². The number of aromatic nitrogens is 3. The molecule has 0 fully saturated rings. The van der Waals surface area contributed by atoms with Gasteiger partial charge < -0.3 is 10.6 Å². The van der Waals surface area contributed by atoms with Gasteiger partial charge in [0, 0.05) is 61.1 Å². The fourth-order valence-electron chi connectivity index (χ4n) is 2.55. The number of benzene rings is 1. The van der Waals surface area contributed by atoms with Gasteiger partial charge in [0.15, 0.2) is 0 Å². The lowest BCUT2D eigenvalue weighted by atomic mass is 10.0. The molecule has 1 aromatic carbocycles. The van der Waals surface area contributed by atoms with Gasteiger partial charge >= 0.3 is 0 Å². The van der Waals surface area contributed by atoms with E-state index in [2.05, 4.69) is 20.7 Å². The number of carbonyl (C=O) groups excluding carboxylic acids is 2. The van der Waals surface area contributed by atoms with Crippen molar-refractivity contribution in [1.82, 2.24) is 14.8 Å². The van der Waals surface area contributed by atoms with Crippen molar-refractivity contribution in [2.75, 3.05) is 10.6 Å². The highest BCUT2D eigenvalue weighted by molar-refractivity contribution is 6.02. The zero-order chi connectivity index (χ0) is 19.2. The molecular formula is C20H19N5O2. The zero-order valence-electron chi connectivity index (χ0n) is 15.0. The van der Waals surface area contributed by atoms with Gasteiger partial charge in [-0.3, -0.25) is 19.3 Å². The van der Waals surface area contributed by atoms with Crippen LogP contribution in [0.1, 0.15) is 12.5 Å². The maximum Gasteiger partial charge on any atom is 0.248 e. The first kappa shape index (κ1) is 18.1. The van der Waals surface area contributed by atoms with E-state index in [9.17, 15) is 9.59 Å². The minimum atomic E-state index is -0.261. The van der Waals surface area contributed by atoms with Crippen molar-refractivity contribution >= 4 is 29.3 Å². The van der Waals surface area contributed by atoms with Crippen LogP contribution in [0.4, 0.5) is 11.4 Å². The molecule has 2 amide bonds. The summed E-state index contributed by atoms with van der Waals surface area (Å²) in [6, 6.07) is 8.78. The first-order valence-corrected chi connectivity index (χ1v) is 8.31. The first-order chi connectivity index (χ1) is 13.0. The molecule has 2 aromatic heterocycles. The van der Waals surface area contributed by atoms with E-state index < -0.39 is 0 Å². The number of hydrogen-bond acceptors (Lipinski definition) is 4. The third-order valence-electron chi connectivity index (χ3n) is 3.75. The standard InChI is InChI=1S/C20H19N5O2/c1-14(26)23-17-4-6-18(7-5-17)24-20(27)8-3-15-11-21-10-9-19(15)16-12-22-25(2)13-16/h3-13H,1-2H3,(H,23,26)(H,24,27). The molecule has 0 aliphatic carbocycles. The van der Waals surface area contributed by atoms with Crippen LogP contribution in [-0.4, -0.2) is 26.6 Å². The summed E-state index contributed by atoms with van der Waals surface area (Å²) in [7, 11) is 1.85. The quantitative estimate of drug-likeness (QED) is 0.684. The van der Waals surface area contributed by atoms with Crippen molar-refractivity contribution in [3.8, 4) is 11.1 Å². The van der Waals surface area contributed by atoms with E-state index in [-0.39, 0.29) is 11.8 Å². The lowest BCUT2D eigenvalue weighted by molar-refractivity contribution is -0.114. The monoisotopic (exact) mass is 361 g/mol. The summed E-state index contributed by atoms with van der Waals surface area (Å²) in [5, 5.41) is 9.63. The van der Waals surface area contributed by atoms with Crippen LogP contribution >= 0.6 is 0 Å². The summed E-state index contributed by atoms with van der Waals surface area (Å²) in [4.78, 5) is 27.4. The van der Waals surface area contributed by atoms with Gasteiger partial charge in [0.25, 0.3) is 0 Å². The molecule has 0 saturated heterocycles. The molecule has 0 spiro atoms. The second kappa shape index (κ2) is 8.09. The fraction of sp³-hybridized carbons (Fsp3) is 0.100. The Kier molecular flexibility index (Phi) is 5.41. The number of nitrogens with one attached hydrogen (secondary N) is 2. The number of aryl methyl sites for hydroxylation is 1. The molecule has 2 heterocycles. The van der Waals surface area contributed by atoms with Gasteiger partial charge in [-0.05, 0) is 42.0 Å². The molecular weight excluding hydrogens is 342 g/mol. The summed E-state index contributed by atoms with van der Waals surface area (Å²) in [6.07, 6.45) is 10.3. The average Bonchev–Trinajstić information content (AvgIpc) is 3.08. The molecule has 3 rings (SSSR count). The minimum Gasteiger partial charge on any atom is -0.326 e. The van der Waals surface area contributed by atoms with Crippen LogP contribution in [0, 0.1) is 0 Å². The zero-order valence-corrected chi connectivity index (χ0v) is 15.0. The van der Waals surface area contributed by atoms with Gasteiger partial charge in [0.2, 0.25) is 11.8 Å². The van der Waals surface area contributed by atoms with E-state index in [0.29, 0.717) is 11.4 Å². The highest BCUT2D eigenvalue weighted by atomic mass is 16.2. The van der Waals surface area contributed by atoms with Crippen LogP contribution < -0.4 is 10.6 Å². The predicted molar refractivity (Wildman–Crippen MR) is 105 cm³/mol. The van der Waals surface area contributed by atoms with Crippen LogP contribution in [0.5, 0.6) is 0 Å². The van der Waals surface area contributed by atoms with Crippen molar-refractivity contribution in [2.24, 2.45) is 7.05 Å². The summed E-state index contributed by atoms with van der Waals surface area (Å²) >= 11 is 0. The normalized spacial score (nSPS) is 10.7. The average molecular weight is 361 g/mol. The number of nitrogens with zero attached hydrogens (tertiary/aromatic N) is 3. The van der Waals surface area contributed by atoms with Crippen molar-refractivity contribution in [3.05, 3.63) is 66.8 Å². The lowest BCUT2D eigenvalue weighted by Crippen LogP contribution is -2.08. The molecule has 0 unspecified atom stereocenters. The van der Waals surface area contributed by atoms with Gasteiger partial charge in [-0.25, -0.2) is 0 Å². The SMILES string of the molecule is CC(=O)Nc1ccc(NC(=O)C=Cc2cnccc2-c2cnn(C)c2)cc1. The third kappa shape index (κ3) is 4.88. The Labute approximate surface area is 156 Å². The summed E-state index contributed by atoms with van der Waals surface area (Å²) in [5.74, 6) is -0.404. The predicted octanol–water partition coefficient (Wildman–Crippen LogP) is 3.09. The molecule has 0 radical (unpaired) electrons. The Morgan fingerprint density at radius 2 is 1.74 bits per heavy atom. The Balaban J connectivity index is 1.69. The largest absolute Gasteiger partial charge is 0.326 e. The smallest absolute Gasteiger partial charge is 0.248 e. The highest BCUT2D eigenvalue weighted by Gasteiger charge is 2.06. The minimum absolute atomic E-state index is 0.143. The lowest BCUT2D eigenvalue weighted by Gasteiger charge is -2.05. The summed E-state index contributed by atoms with van der Waals surface area (Å²) < 4.78 is 1.72. The second-order valence-electron chi connectivity index (χ2n) is 5.95. The molecule has 7 heteroatoms. The molecule has 2 N–H and O–H groups in total. The Bertz CT molecular complexity index is 990. The van der Waals surface area contributed by atoms with Crippen molar-refractivity contribution < 1.29 is 9.59 Å².